The normalized spacial score (nSPS) is 10.6. The third-order valence-electron chi connectivity index (χ3n) is 3.19. The maximum atomic E-state index is 11.8. The number of rotatable bonds is 4. The lowest BCUT2D eigenvalue weighted by Crippen LogP contribution is -2.08. The van der Waals surface area contributed by atoms with Gasteiger partial charge in [0.15, 0.2) is 11.6 Å². The van der Waals surface area contributed by atoms with Crippen LogP contribution < -0.4 is 10.6 Å². The van der Waals surface area contributed by atoms with E-state index in [0.29, 0.717) is 28.4 Å². The molecule has 3 aromatic rings. The summed E-state index contributed by atoms with van der Waals surface area (Å²) in [5, 5.41) is 9.76. The summed E-state index contributed by atoms with van der Waals surface area (Å²) in [6, 6.07) is 5.00. The first-order chi connectivity index (χ1) is 11.4. The van der Waals surface area contributed by atoms with Crippen LogP contribution in [0.25, 0.3) is 5.52 Å². The number of pyridine rings is 1. The van der Waals surface area contributed by atoms with E-state index >= 15 is 0 Å². The molecule has 0 atom stereocenters. The number of ketones is 1. The van der Waals surface area contributed by atoms with E-state index in [1.165, 1.54) is 24.6 Å². The second-order valence-electron chi connectivity index (χ2n) is 5.04. The SMILES string of the molecule is CC(=O)Nc1cc(Nc2nc(Cl)nn3ccc(C(C)=O)c23)ccn1. The van der Waals surface area contributed by atoms with Crippen molar-refractivity contribution in [1.29, 1.82) is 0 Å². The van der Waals surface area contributed by atoms with Crippen molar-refractivity contribution in [2.24, 2.45) is 0 Å². The molecule has 3 heterocycles. The van der Waals surface area contributed by atoms with Crippen LogP contribution in [-0.4, -0.2) is 31.3 Å². The summed E-state index contributed by atoms with van der Waals surface area (Å²) < 4.78 is 1.49. The summed E-state index contributed by atoms with van der Waals surface area (Å²) >= 11 is 5.94. The van der Waals surface area contributed by atoms with Gasteiger partial charge in [-0.05, 0) is 30.7 Å². The van der Waals surface area contributed by atoms with Crippen molar-refractivity contribution in [2.75, 3.05) is 10.6 Å². The number of amides is 1. The van der Waals surface area contributed by atoms with E-state index in [9.17, 15) is 9.59 Å². The van der Waals surface area contributed by atoms with Gasteiger partial charge in [0.2, 0.25) is 11.2 Å². The predicted octanol–water partition coefficient (Wildman–Crippen LogP) is 2.68. The Morgan fingerprint density at radius 2 is 2.04 bits per heavy atom. The standard InChI is InChI=1S/C15H13ClN6O2/c1-8(23)11-4-6-22-13(11)14(20-15(16)21-22)19-10-3-5-17-12(7-10)18-9(2)24/h3-7H,1-2H3,(H2,17,18,19,20,21,24). The fraction of sp³-hybridized carbons (Fsp3) is 0.133. The number of carbonyl (C=O) groups excluding carboxylic acids is 2. The number of nitrogens with zero attached hydrogens (tertiary/aromatic N) is 4. The summed E-state index contributed by atoms with van der Waals surface area (Å²) in [5.41, 5.74) is 1.62. The van der Waals surface area contributed by atoms with Crippen LogP contribution in [-0.2, 0) is 4.79 Å². The molecule has 0 saturated heterocycles. The Labute approximate surface area is 141 Å². The van der Waals surface area contributed by atoms with Gasteiger partial charge in [0.05, 0.1) is 0 Å². The summed E-state index contributed by atoms with van der Waals surface area (Å²) in [4.78, 5) is 31.1. The number of fused-ring (bicyclic) bond motifs is 1. The van der Waals surface area contributed by atoms with Gasteiger partial charge in [-0.25, -0.2) is 9.50 Å². The molecule has 0 aliphatic heterocycles. The molecule has 8 nitrogen and oxygen atoms in total. The second kappa shape index (κ2) is 6.25. The summed E-state index contributed by atoms with van der Waals surface area (Å²) in [6.45, 7) is 2.87. The second-order valence-corrected chi connectivity index (χ2v) is 5.38. The molecular weight excluding hydrogens is 332 g/mol. The molecule has 0 spiro atoms. The quantitative estimate of drug-likeness (QED) is 0.705. The van der Waals surface area contributed by atoms with E-state index in [4.69, 9.17) is 11.6 Å². The first-order valence-electron chi connectivity index (χ1n) is 7.00. The van der Waals surface area contributed by atoms with E-state index in [0.717, 1.165) is 0 Å². The lowest BCUT2D eigenvalue weighted by Gasteiger charge is -2.10. The van der Waals surface area contributed by atoms with Crippen molar-refractivity contribution >= 4 is 46.1 Å². The lowest BCUT2D eigenvalue weighted by molar-refractivity contribution is -0.114. The summed E-state index contributed by atoms with van der Waals surface area (Å²) in [6.07, 6.45) is 3.18. The molecule has 2 N–H and O–H groups in total. The fourth-order valence-corrected chi connectivity index (χ4v) is 2.43. The predicted molar refractivity (Wildman–Crippen MR) is 89.8 cm³/mol. The van der Waals surface area contributed by atoms with Crippen LogP contribution in [0.2, 0.25) is 5.28 Å². The van der Waals surface area contributed by atoms with Crippen LogP contribution in [0.3, 0.4) is 0 Å². The maximum Gasteiger partial charge on any atom is 0.243 e. The Hall–Kier alpha value is -3.00. The van der Waals surface area contributed by atoms with Gasteiger partial charge >= 0.3 is 0 Å². The lowest BCUT2D eigenvalue weighted by atomic mass is 10.2. The van der Waals surface area contributed by atoms with Gasteiger partial charge < -0.3 is 10.6 Å². The number of hydrogen-bond acceptors (Lipinski definition) is 6. The number of halogens is 1. The van der Waals surface area contributed by atoms with Gasteiger partial charge in [0.1, 0.15) is 11.3 Å². The third-order valence-corrected chi connectivity index (χ3v) is 3.35. The van der Waals surface area contributed by atoms with Crippen LogP contribution in [0.5, 0.6) is 0 Å². The molecule has 0 aromatic carbocycles. The molecule has 122 valence electrons. The molecule has 0 bridgehead atoms. The molecule has 3 aromatic heterocycles. The van der Waals surface area contributed by atoms with E-state index in [1.807, 2.05) is 0 Å². The summed E-state index contributed by atoms with van der Waals surface area (Å²) in [7, 11) is 0. The molecule has 0 radical (unpaired) electrons. The zero-order valence-electron chi connectivity index (χ0n) is 12.9. The van der Waals surface area contributed by atoms with Gasteiger partial charge in [0, 0.05) is 36.6 Å². The molecule has 0 fully saturated rings. The van der Waals surface area contributed by atoms with Gasteiger partial charge in [-0.15, -0.1) is 5.10 Å². The Bertz CT molecular complexity index is 952. The van der Waals surface area contributed by atoms with Crippen molar-refractivity contribution in [3.8, 4) is 0 Å². The average Bonchev–Trinajstić information content (AvgIpc) is 2.90. The van der Waals surface area contributed by atoms with Crippen LogP contribution in [0, 0.1) is 0 Å². The first-order valence-corrected chi connectivity index (χ1v) is 7.38. The Balaban J connectivity index is 2.05. The van der Waals surface area contributed by atoms with Crippen molar-refractivity contribution in [2.45, 2.75) is 13.8 Å². The average molecular weight is 345 g/mol. The smallest absolute Gasteiger partial charge is 0.243 e. The topological polar surface area (TPSA) is 101 Å². The summed E-state index contributed by atoms with van der Waals surface area (Å²) in [5.74, 6) is 0.439. The van der Waals surface area contributed by atoms with E-state index in [1.54, 1.807) is 24.4 Å². The van der Waals surface area contributed by atoms with Gasteiger partial charge in [0.25, 0.3) is 0 Å². The monoisotopic (exact) mass is 344 g/mol. The maximum absolute atomic E-state index is 11.8. The van der Waals surface area contributed by atoms with Crippen molar-refractivity contribution in [1.82, 2.24) is 19.6 Å². The highest BCUT2D eigenvalue weighted by molar-refractivity contribution is 6.28. The Kier molecular flexibility index (Phi) is 4.13. The first kappa shape index (κ1) is 15.9. The van der Waals surface area contributed by atoms with Crippen molar-refractivity contribution in [3.05, 3.63) is 41.4 Å². The van der Waals surface area contributed by atoms with E-state index in [-0.39, 0.29) is 17.0 Å². The minimum Gasteiger partial charge on any atom is -0.338 e. The number of carbonyl (C=O) groups is 2. The highest BCUT2D eigenvalue weighted by Crippen LogP contribution is 2.25. The molecule has 0 unspecified atom stereocenters. The molecule has 0 aliphatic carbocycles. The van der Waals surface area contributed by atoms with Gasteiger partial charge in [-0.1, -0.05) is 0 Å². The molecular formula is C15H13ClN6O2. The zero-order valence-corrected chi connectivity index (χ0v) is 13.6. The zero-order chi connectivity index (χ0) is 17.3. The van der Waals surface area contributed by atoms with Crippen molar-refractivity contribution in [3.63, 3.8) is 0 Å². The highest BCUT2D eigenvalue weighted by atomic mass is 35.5. The number of hydrogen-bond donors (Lipinski definition) is 2. The minimum atomic E-state index is -0.224. The van der Waals surface area contributed by atoms with Crippen LogP contribution in [0.4, 0.5) is 17.3 Å². The van der Waals surface area contributed by atoms with E-state index < -0.39 is 0 Å². The Morgan fingerprint density at radius 3 is 2.75 bits per heavy atom. The van der Waals surface area contributed by atoms with Crippen LogP contribution >= 0.6 is 11.6 Å². The molecule has 24 heavy (non-hydrogen) atoms. The third kappa shape index (κ3) is 3.18. The molecule has 3 rings (SSSR count). The van der Waals surface area contributed by atoms with Gasteiger partial charge in [-0.3, -0.25) is 9.59 Å². The Morgan fingerprint density at radius 1 is 1.25 bits per heavy atom. The highest BCUT2D eigenvalue weighted by Gasteiger charge is 2.15. The van der Waals surface area contributed by atoms with Gasteiger partial charge in [-0.2, -0.15) is 4.98 Å². The van der Waals surface area contributed by atoms with Crippen molar-refractivity contribution < 1.29 is 9.59 Å². The molecule has 0 aliphatic rings. The van der Waals surface area contributed by atoms with E-state index in [2.05, 4.69) is 25.7 Å². The van der Waals surface area contributed by atoms with Crippen LogP contribution in [0.1, 0.15) is 24.2 Å². The molecule has 0 saturated carbocycles. The number of aromatic nitrogens is 4. The largest absolute Gasteiger partial charge is 0.338 e. The fourth-order valence-electron chi connectivity index (χ4n) is 2.26. The molecule has 1 amide bonds. The minimum absolute atomic E-state index is 0.0341. The molecule has 9 heteroatoms. The van der Waals surface area contributed by atoms with Crippen LogP contribution in [0.15, 0.2) is 30.6 Å². The number of Topliss-reactive ketones (excluding diaryl/α,β-unsaturated/α-hetero) is 1. The number of anilines is 3. The number of nitrogens with one attached hydrogen (secondary N) is 2.